The Balaban J connectivity index is 1.62. The number of allylic oxidation sites excluding steroid dienone is 1. The first kappa shape index (κ1) is 19.5. The summed E-state index contributed by atoms with van der Waals surface area (Å²) in [6, 6.07) is 14.9. The van der Waals surface area contributed by atoms with Crippen LogP contribution in [0, 0.1) is 0 Å². The van der Waals surface area contributed by atoms with Crippen molar-refractivity contribution in [3.63, 3.8) is 0 Å². The van der Waals surface area contributed by atoms with Crippen molar-refractivity contribution >= 4 is 28.6 Å². The van der Waals surface area contributed by atoms with Crippen molar-refractivity contribution in [1.82, 2.24) is 4.98 Å². The summed E-state index contributed by atoms with van der Waals surface area (Å²) in [6.45, 7) is 5.50. The number of hydrogen-bond acceptors (Lipinski definition) is 4. The van der Waals surface area contributed by atoms with Crippen molar-refractivity contribution in [2.75, 3.05) is 0 Å². The molecule has 0 saturated carbocycles. The maximum absolute atomic E-state index is 12.3. The van der Waals surface area contributed by atoms with Crippen LogP contribution in [0.1, 0.15) is 42.3 Å². The molecule has 0 spiro atoms. The number of pyridine rings is 1. The number of benzene rings is 2. The number of ether oxygens (including phenoxy) is 1. The SMILES string of the molecule is CC(C)(C)OC(=O)c1ccc(/C=C/C(=O)Cc2ccc3cnccc3c2)cc1. The number of fused-ring (bicyclic) bond motifs is 1. The fourth-order valence-electron chi connectivity index (χ4n) is 2.76. The topological polar surface area (TPSA) is 56.3 Å². The molecule has 0 radical (unpaired) electrons. The second-order valence-electron chi connectivity index (χ2n) is 7.66. The molecular weight excluding hydrogens is 350 g/mol. The lowest BCUT2D eigenvalue weighted by atomic mass is 10.0. The van der Waals surface area contributed by atoms with Gasteiger partial charge in [-0.1, -0.05) is 36.4 Å². The Labute approximate surface area is 164 Å². The molecule has 0 aliphatic heterocycles. The predicted molar refractivity (Wildman–Crippen MR) is 111 cm³/mol. The first-order chi connectivity index (χ1) is 13.3. The Morgan fingerprint density at radius 3 is 2.46 bits per heavy atom. The summed E-state index contributed by atoms with van der Waals surface area (Å²) in [5.74, 6) is -0.338. The predicted octanol–water partition coefficient (Wildman–Crippen LogP) is 5.02. The maximum Gasteiger partial charge on any atom is 0.338 e. The van der Waals surface area contributed by atoms with Crippen LogP contribution in [0.4, 0.5) is 0 Å². The van der Waals surface area contributed by atoms with Crippen LogP contribution < -0.4 is 0 Å². The minimum atomic E-state index is -0.526. The smallest absolute Gasteiger partial charge is 0.338 e. The monoisotopic (exact) mass is 373 g/mol. The first-order valence-corrected chi connectivity index (χ1v) is 9.17. The van der Waals surface area contributed by atoms with E-state index >= 15 is 0 Å². The molecule has 0 N–H and O–H groups in total. The molecule has 3 rings (SSSR count). The van der Waals surface area contributed by atoms with Gasteiger partial charge in [-0.05, 0) is 61.6 Å². The molecule has 3 aromatic rings. The number of ketones is 1. The standard InChI is InChI=1S/C24H23NO3/c1-24(2,3)28-23(27)19-8-4-17(5-9-19)7-11-22(26)15-18-6-10-21-16-25-13-12-20(21)14-18/h4-14,16H,15H2,1-3H3/b11-7+. The van der Waals surface area contributed by atoms with Crippen LogP contribution in [0.2, 0.25) is 0 Å². The summed E-state index contributed by atoms with van der Waals surface area (Å²) in [6.07, 6.45) is 7.21. The number of esters is 1. The lowest BCUT2D eigenvalue weighted by Crippen LogP contribution is -2.23. The fraction of sp³-hybridized carbons (Fsp3) is 0.208. The highest BCUT2D eigenvalue weighted by Gasteiger charge is 2.17. The molecule has 1 aromatic heterocycles. The van der Waals surface area contributed by atoms with E-state index in [0.29, 0.717) is 12.0 Å². The lowest BCUT2D eigenvalue weighted by Gasteiger charge is -2.19. The summed E-state index contributed by atoms with van der Waals surface area (Å²) in [5, 5.41) is 2.13. The summed E-state index contributed by atoms with van der Waals surface area (Å²) >= 11 is 0. The van der Waals surface area contributed by atoms with Gasteiger partial charge in [-0.25, -0.2) is 4.79 Å². The zero-order valence-corrected chi connectivity index (χ0v) is 16.3. The molecule has 2 aromatic carbocycles. The van der Waals surface area contributed by atoms with E-state index in [0.717, 1.165) is 21.9 Å². The van der Waals surface area contributed by atoms with Crippen LogP contribution in [0.25, 0.3) is 16.8 Å². The Kier molecular flexibility index (Phi) is 5.69. The first-order valence-electron chi connectivity index (χ1n) is 9.17. The summed E-state index contributed by atoms with van der Waals surface area (Å²) in [5.41, 5.74) is 1.78. The number of nitrogens with zero attached hydrogens (tertiary/aromatic N) is 1. The molecule has 0 bridgehead atoms. The van der Waals surface area contributed by atoms with Crippen LogP contribution in [0.3, 0.4) is 0 Å². The Hall–Kier alpha value is -3.27. The average molecular weight is 373 g/mol. The third-order valence-electron chi connectivity index (χ3n) is 4.09. The van der Waals surface area contributed by atoms with E-state index in [1.54, 1.807) is 42.6 Å². The highest BCUT2D eigenvalue weighted by atomic mass is 16.6. The highest BCUT2D eigenvalue weighted by Crippen LogP contribution is 2.16. The molecule has 142 valence electrons. The number of carbonyl (C=O) groups excluding carboxylic acids is 2. The van der Waals surface area contributed by atoms with Crippen LogP contribution in [-0.4, -0.2) is 22.3 Å². The Bertz CT molecular complexity index is 1030. The van der Waals surface area contributed by atoms with Gasteiger partial charge in [0.1, 0.15) is 5.60 Å². The van der Waals surface area contributed by atoms with E-state index in [2.05, 4.69) is 4.98 Å². The molecule has 0 atom stereocenters. The quantitative estimate of drug-likeness (QED) is 0.466. The molecule has 1 heterocycles. The van der Waals surface area contributed by atoms with Gasteiger partial charge < -0.3 is 4.74 Å². The van der Waals surface area contributed by atoms with Crippen LogP contribution in [0.15, 0.2) is 67.0 Å². The summed E-state index contributed by atoms with van der Waals surface area (Å²) < 4.78 is 5.34. The number of hydrogen-bond donors (Lipinski definition) is 0. The van der Waals surface area contributed by atoms with Gasteiger partial charge in [-0.3, -0.25) is 9.78 Å². The molecule has 4 nitrogen and oxygen atoms in total. The summed E-state index contributed by atoms with van der Waals surface area (Å²) in [4.78, 5) is 28.4. The van der Waals surface area contributed by atoms with Gasteiger partial charge in [0.15, 0.2) is 5.78 Å². The third-order valence-corrected chi connectivity index (χ3v) is 4.09. The van der Waals surface area contributed by atoms with Gasteiger partial charge in [-0.15, -0.1) is 0 Å². The van der Waals surface area contributed by atoms with Crippen LogP contribution in [0.5, 0.6) is 0 Å². The van der Waals surface area contributed by atoms with Gasteiger partial charge in [0.05, 0.1) is 5.56 Å². The van der Waals surface area contributed by atoms with Crippen molar-refractivity contribution in [2.24, 2.45) is 0 Å². The number of rotatable bonds is 5. The Morgan fingerprint density at radius 2 is 1.75 bits per heavy atom. The maximum atomic E-state index is 12.3. The lowest BCUT2D eigenvalue weighted by molar-refractivity contribution is -0.113. The minimum absolute atomic E-state index is 0.0182. The summed E-state index contributed by atoms with van der Waals surface area (Å²) in [7, 11) is 0. The molecule has 0 aliphatic rings. The van der Waals surface area contributed by atoms with E-state index in [1.807, 2.05) is 51.2 Å². The van der Waals surface area contributed by atoms with Gasteiger partial charge in [0.25, 0.3) is 0 Å². The largest absolute Gasteiger partial charge is 0.456 e. The van der Waals surface area contributed by atoms with Gasteiger partial charge >= 0.3 is 5.97 Å². The van der Waals surface area contributed by atoms with Crippen molar-refractivity contribution in [3.05, 3.63) is 83.7 Å². The van der Waals surface area contributed by atoms with Crippen molar-refractivity contribution in [1.29, 1.82) is 0 Å². The van der Waals surface area contributed by atoms with Crippen molar-refractivity contribution in [3.8, 4) is 0 Å². The van der Waals surface area contributed by atoms with Crippen LogP contribution in [-0.2, 0) is 16.0 Å². The number of aromatic nitrogens is 1. The van der Waals surface area contributed by atoms with Crippen molar-refractivity contribution in [2.45, 2.75) is 32.8 Å². The third kappa shape index (κ3) is 5.36. The molecule has 0 fully saturated rings. The van der Waals surface area contributed by atoms with E-state index in [-0.39, 0.29) is 11.8 Å². The molecule has 28 heavy (non-hydrogen) atoms. The molecule has 0 unspecified atom stereocenters. The average Bonchev–Trinajstić information content (AvgIpc) is 2.65. The van der Waals surface area contributed by atoms with Gasteiger partial charge in [0, 0.05) is 24.2 Å². The van der Waals surface area contributed by atoms with Gasteiger partial charge in [-0.2, -0.15) is 0 Å². The van der Waals surface area contributed by atoms with E-state index < -0.39 is 5.60 Å². The fourth-order valence-corrected chi connectivity index (χ4v) is 2.76. The second-order valence-corrected chi connectivity index (χ2v) is 7.66. The van der Waals surface area contributed by atoms with Crippen LogP contribution >= 0.6 is 0 Å². The van der Waals surface area contributed by atoms with E-state index in [1.165, 1.54) is 0 Å². The zero-order chi connectivity index (χ0) is 20.1. The minimum Gasteiger partial charge on any atom is -0.456 e. The van der Waals surface area contributed by atoms with E-state index in [4.69, 9.17) is 4.74 Å². The Morgan fingerprint density at radius 1 is 1.00 bits per heavy atom. The zero-order valence-electron chi connectivity index (χ0n) is 16.3. The van der Waals surface area contributed by atoms with E-state index in [9.17, 15) is 9.59 Å². The number of carbonyl (C=O) groups is 2. The molecular formula is C24H23NO3. The van der Waals surface area contributed by atoms with Crippen molar-refractivity contribution < 1.29 is 14.3 Å². The molecule has 0 saturated heterocycles. The van der Waals surface area contributed by atoms with Gasteiger partial charge in [0.2, 0.25) is 0 Å². The molecule has 0 amide bonds. The molecule has 4 heteroatoms. The highest BCUT2D eigenvalue weighted by molar-refractivity contribution is 5.96. The second kappa shape index (κ2) is 8.17. The normalized spacial score (nSPS) is 11.7. The molecule has 0 aliphatic carbocycles.